The number of hydrogen-bond acceptors (Lipinski definition) is 10. The molecule has 2 N–H and O–H groups in total. The SMILES string of the molecule is Cc1ccc2c(O[C@@H]3C[C@H]4C(=O)N[C@]5(C(=O)NS(=O)(=O)C6CC6)C[C@H]5/C=C\CCCCC(C)C(=O)N4C3)nc(-c3nc(C(C)C)cs3)nc2c1C. The van der Waals surface area contributed by atoms with Crippen LogP contribution in [0.4, 0.5) is 0 Å². The molecule has 2 aromatic heterocycles. The summed E-state index contributed by atoms with van der Waals surface area (Å²) >= 11 is 1.47. The van der Waals surface area contributed by atoms with Crippen LogP contribution in [0.15, 0.2) is 29.7 Å². The third kappa shape index (κ3) is 7.01. The predicted molar refractivity (Wildman–Crippen MR) is 195 cm³/mol. The number of ether oxygens (including phenoxy) is 1. The molecule has 1 saturated heterocycles. The van der Waals surface area contributed by atoms with Gasteiger partial charge in [-0.15, -0.1) is 11.3 Å². The standard InChI is InChI=1S/C37H46N6O6S2/c1-20(2)28-19-50-34(38-28)31-39-30-23(5)21(3)12-15-27(30)33(40-31)49-25-16-29-32(44)41-37(36(46)42-51(47,48)26-13-14-26)17-24(37)11-9-7-6-8-10-22(4)35(45)43(29)18-25/h9,11-12,15,19-20,22,24-26,29H,6-8,10,13-14,16-18H2,1-5H3,(H,41,44)(H,42,46)/b11-9-/t22?,24-,25-,29+,37-/m1/s1. The normalized spacial score (nSPS) is 27.8. The smallest absolute Gasteiger partial charge is 0.259 e. The average Bonchev–Trinajstić information content (AvgIpc) is 3.96. The van der Waals surface area contributed by atoms with Crippen molar-refractivity contribution in [3.8, 4) is 16.7 Å². The summed E-state index contributed by atoms with van der Waals surface area (Å²) < 4.78 is 34.4. The van der Waals surface area contributed by atoms with Crippen molar-refractivity contribution in [3.05, 3.63) is 46.5 Å². The summed E-state index contributed by atoms with van der Waals surface area (Å²) in [6.07, 6.45) is 7.94. The van der Waals surface area contributed by atoms with Gasteiger partial charge in [-0.25, -0.2) is 18.4 Å². The Morgan fingerprint density at radius 1 is 1.12 bits per heavy atom. The maximum atomic E-state index is 14.2. The van der Waals surface area contributed by atoms with Crippen molar-refractivity contribution in [2.45, 2.75) is 115 Å². The molecule has 51 heavy (non-hydrogen) atoms. The van der Waals surface area contributed by atoms with Crippen molar-refractivity contribution in [2.75, 3.05) is 6.54 Å². The Labute approximate surface area is 302 Å². The summed E-state index contributed by atoms with van der Waals surface area (Å²) in [5, 5.41) is 5.76. The molecule has 4 aliphatic rings. The molecule has 5 atom stereocenters. The number of nitrogens with one attached hydrogen (secondary N) is 2. The summed E-state index contributed by atoms with van der Waals surface area (Å²) in [5.41, 5.74) is 2.36. The fourth-order valence-corrected chi connectivity index (χ4v) is 9.40. The fraction of sp³-hybridized carbons (Fsp3) is 0.568. The molecule has 12 nitrogen and oxygen atoms in total. The Kier molecular flexibility index (Phi) is 9.45. The van der Waals surface area contributed by atoms with Crippen LogP contribution in [0.3, 0.4) is 0 Å². The maximum absolute atomic E-state index is 14.2. The number of carbonyl (C=O) groups is 3. The van der Waals surface area contributed by atoms with Gasteiger partial charge in [0.2, 0.25) is 27.7 Å². The van der Waals surface area contributed by atoms with Gasteiger partial charge in [0.25, 0.3) is 5.91 Å². The lowest BCUT2D eigenvalue weighted by molar-refractivity contribution is -0.142. The highest BCUT2D eigenvalue weighted by Gasteiger charge is 2.62. The fourth-order valence-electron chi connectivity index (χ4n) is 7.12. The summed E-state index contributed by atoms with van der Waals surface area (Å²) in [5.74, 6) is -1.01. The van der Waals surface area contributed by atoms with Crippen LogP contribution < -0.4 is 14.8 Å². The van der Waals surface area contributed by atoms with Crippen molar-refractivity contribution in [1.29, 1.82) is 0 Å². The number of carbonyl (C=O) groups excluding carboxylic acids is 3. The van der Waals surface area contributed by atoms with Gasteiger partial charge in [0.05, 0.1) is 28.4 Å². The molecule has 3 fully saturated rings. The molecule has 2 aliphatic heterocycles. The van der Waals surface area contributed by atoms with Crippen molar-refractivity contribution in [3.63, 3.8) is 0 Å². The minimum Gasteiger partial charge on any atom is -0.472 e. The van der Waals surface area contributed by atoms with Crippen molar-refractivity contribution < 1.29 is 27.5 Å². The van der Waals surface area contributed by atoms with E-state index in [4.69, 9.17) is 19.7 Å². The lowest BCUT2D eigenvalue weighted by Crippen LogP contribution is -2.57. The van der Waals surface area contributed by atoms with Crippen LogP contribution >= 0.6 is 11.3 Å². The Bertz CT molecular complexity index is 2020. The van der Waals surface area contributed by atoms with Gasteiger partial charge in [-0.3, -0.25) is 19.1 Å². The lowest BCUT2D eigenvalue weighted by atomic mass is 10.0. The molecule has 0 spiro atoms. The van der Waals surface area contributed by atoms with E-state index in [9.17, 15) is 22.8 Å². The largest absolute Gasteiger partial charge is 0.472 e. The highest BCUT2D eigenvalue weighted by Crippen LogP contribution is 2.46. The maximum Gasteiger partial charge on any atom is 0.259 e. The first kappa shape index (κ1) is 35.5. The van der Waals surface area contributed by atoms with Crippen molar-refractivity contribution >= 4 is 50.0 Å². The first-order valence-corrected chi connectivity index (χ1v) is 20.5. The summed E-state index contributed by atoms with van der Waals surface area (Å²) in [7, 11) is -3.83. The number of benzene rings is 1. The van der Waals surface area contributed by atoms with Crippen molar-refractivity contribution in [1.82, 2.24) is 29.9 Å². The molecule has 7 rings (SSSR count). The highest BCUT2D eigenvalue weighted by molar-refractivity contribution is 7.91. The highest BCUT2D eigenvalue weighted by atomic mass is 32.2. The molecule has 3 amide bonds. The molecular weight excluding hydrogens is 689 g/mol. The Morgan fingerprint density at radius 3 is 2.63 bits per heavy atom. The molecule has 2 aliphatic carbocycles. The van der Waals surface area contributed by atoms with Crippen LogP contribution in [0.2, 0.25) is 0 Å². The number of allylic oxidation sites excluding steroid dienone is 1. The number of rotatable bonds is 7. The molecule has 2 saturated carbocycles. The second-order valence-electron chi connectivity index (χ2n) is 15.0. The number of aromatic nitrogens is 3. The van der Waals surface area contributed by atoms with Gasteiger partial charge in [-0.1, -0.05) is 45.4 Å². The van der Waals surface area contributed by atoms with E-state index >= 15 is 0 Å². The van der Waals surface area contributed by atoms with Gasteiger partial charge in [-0.05, 0) is 75.5 Å². The summed E-state index contributed by atoms with van der Waals surface area (Å²) in [6.45, 7) is 10.2. The number of amides is 3. The van der Waals surface area contributed by atoms with E-state index < -0.39 is 44.8 Å². The second-order valence-corrected chi connectivity index (χ2v) is 17.8. The zero-order valence-corrected chi connectivity index (χ0v) is 31.4. The van der Waals surface area contributed by atoms with Crippen LogP contribution in [0.5, 0.6) is 5.88 Å². The van der Waals surface area contributed by atoms with Gasteiger partial charge in [-0.2, -0.15) is 4.98 Å². The van der Waals surface area contributed by atoms with Crippen LogP contribution in [-0.2, 0) is 24.4 Å². The van der Waals surface area contributed by atoms with E-state index in [0.717, 1.165) is 47.0 Å². The minimum absolute atomic E-state index is 0.153. The van der Waals surface area contributed by atoms with Crippen LogP contribution in [0, 0.1) is 25.7 Å². The first-order valence-electron chi connectivity index (χ1n) is 18.0. The number of aryl methyl sites for hydroxylation is 2. The van der Waals surface area contributed by atoms with E-state index in [1.807, 2.05) is 50.4 Å². The monoisotopic (exact) mass is 734 g/mol. The topological polar surface area (TPSA) is 161 Å². The van der Waals surface area contributed by atoms with Crippen LogP contribution in [0.25, 0.3) is 21.7 Å². The van der Waals surface area contributed by atoms with E-state index in [1.165, 1.54) is 11.3 Å². The van der Waals surface area contributed by atoms with Gasteiger partial charge in [0, 0.05) is 23.6 Å². The molecule has 14 heteroatoms. The molecule has 0 radical (unpaired) electrons. The molecule has 1 aromatic carbocycles. The first-order chi connectivity index (χ1) is 24.3. The summed E-state index contributed by atoms with van der Waals surface area (Å²) in [6, 6.07) is 3.01. The zero-order chi connectivity index (χ0) is 36.2. The van der Waals surface area contributed by atoms with Crippen molar-refractivity contribution in [2.24, 2.45) is 11.8 Å². The molecule has 4 heterocycles. The van der Waals surface area contributed by atoms with Gasteiger partial charge >= 0.3 is 0 Å². The van der Waals surface area contributed by atoms with E-state index in [2.05, 4.69) is 23.9 Å². The lowest BCUT2D eigenvalue weighted by Gasteiger charge is -2.28. The van der Waals surface area contributed by atoms with Crippen LogP contribution in [0.1, 0.15) is 94.9 Å². The third-order valence-electron chi connectivity index (χ3n) is 10.8. The number of fused-ring (bicyclic) bond motifs is 3. The Balaban J connectivity index is 1.20. The quantitative estimate of drug-likeness (QED) is 0.315. The second kappa shape index (κ2) is 13.6. The average molecular weight is 735 g/mol. The Hall–Kier alpha value is -3.91. The molecular formula is C37H46N6O6S2. The van der Waals surface area contributed by atoms with Gasteiger partial charge in [0.15, 0.2) is 10.8 Å². The number of thiazole rings is 1. The zero-order valence-electron chi connectivity index (χ0n) is 29.8. The van der Waals surface area contributed by atoms with Crippen LogP contribution in [-0.4, -0.2) is 75.5 Å². The third-order valence-corrected chi connectivity index (χ3v) is 13.5. The van der Waals surface area contributed by atoms with E-state index in [0.29, 0.717) is 36.0 Å². The number of sulfonamides is 1. The number of hydrogen-bond donors (Lipinski definition) is 2. The number of nitrogens with zero attached hydrogens (tertiary/aromatic N) is 4. The summed E-state index contributed by atoms with van der Waals surface area (Å²) in [4.78, 5) is 58.0. The molecule has 3 aromatic rings. The van der Waals surface area contributed by atoms with E-state index in [-0.39, 0.29) is 43.0 Å². The minimum atomic E-state index is -3.83. The Morgan fingerprint density at radius 2 is 1.90 bits per heavy atom. The van der Waals surface area contributed by atoms with Gasteiger partial charge < -0.3 is 15.0 Å². The molecule has 272 valence electrons. The molecule has 1 unspecified atom stereocenters. The molecule has 0 bridgehead atoms. The van der Waals surface area contributed by atoms with Gasteiger partial charge in [0.1, 0.15) is 17.7 Å². The predicted octanol–water partition coefficient (Wildman–Crippen LogP) is 5.09. The van der Waals surface area contributed by atoms with E-state index in [1.54, 1.807) is 4.90 Å².